The van der Waals surface area contributed by atoms with Gasteiger partial charge in [-0.3, -0.25) is 0 Å². The highest BCUT2D eigenvalue weighted by molar-refractivity contribution is 9.10. The number of halogens is 1. The highest BCUT2D eigenvalue weighted by Gasteiger charge is 2.16. The average molecular weight is 312 g/mol. The lowest BCUT2D eigenvalue weighted by Gasteiger charge is -2.04. The summed E-state index contributed by atoms with van der Waals surface area (Å²) >= 11 is 3.50. The molecule has 3 N–H and O–H groups in total. The summed E-state index contributed by atoms with van der Waals surface area (Å²) in [4.78, 5) is 4.14. The van der Waals surface area contributed by atoms with Crippen molar-refractivity contribution in [1.82, 2.24) is 10.1 Å². The number of rotatable bonds is 3. The molecule has 1 aromatic heterocycles. The zero-order valence-electron chi connectivity index (χ0n) is 10.1. The highest BCUT2D eigenvalue weighted by Crippen LogP contribution is 2.27. The monoisotopic (exact) mass is 311 g/mol. The summed E-state index contributed by atoms with van der Waals surface area (Å²) in [7, 11) is 0. The molecule has 0 bridgehead atoms. The first kappa shape index (κ1) is 13.2. The van der Waals surface area contributed by atoms with Crippen LogP contribution >= 0.6 is 15.9 Å². The van der Waals surface area contributed by atoms with Crippen LogP contribution in [0.25, 0.3) is 11.4 Å². The van der Waals surface area contributed by atoms with E-state index in [2.05, 4.69) is 26.1 Å². The number of aromatic nitrogens is 2. The Bertz CT molecular complexity index is 545. The van der Waals surface area contributed by atoms with Gasteiger partial charge in [0.25, 0.3) is 5.89 Å². The lowest BCUT2D eigenvalue weighted by Crippen LogP contribution is -2.11. The lowest BCUT2D eigenvalue weighted by molar-refractivity contribution is 0.141. The fraction of sp³-hybridized carbons (Fsp3) is 0.333. The maximum atomic E-state index is 9.51. The molecule has 0 aliphatic rings. The first-order valence-electron chi connectivity index (χ1n) is 5.51. The molecular weight excluding hydrogens is 298 g/mol. The van der Waals surface area contributed by atoms with E-state index in [1.807, 2.05) is 26.0 Å². The third-order valence-corrected chi connectivity index (χ3v) is 3.90. The minimum atomic E-state index is -0.913. The number of hydrogen-bond donors (Lipinski definition) is 2. The van der Waals surface area contributed by atoms with Gasteiger partial charge in [-0.05, 0) is 37.1 Å². The summed E-state index contributed by atoms with van der Waals surface area (Å²) in [5.74, 6) is 0.599. The van der Waals surface area contributed by atoms with Gasteiger partial charge in [0.1, 0.15) is 6.10 Å². The summed E-state index contributed by atoms with van der Waals surface area (Å²) in [5.41, 5.74) is 8.38. The van der Waals surface area contributed by atoms with Crippen LogP contribution in [0.4, 0.5) is 0 Å². The first-order valence-corrected chi connectivity index (χ1v) is 6.31. The normalized spacial score (nSPS) is 12.7. The van der Waals surface area contributed by atoms with Crippen LogP contribution in [0.3, 0.4) is 0 Å². The Morgan fingerprint density at radius 2 is 2.00 bits per heavy atom. The van der Waals surface area contributed by atoms with Crippen molar-refractivity contribution in [2.75, 3.05) is 6.54 Å². The van der Waals surface area contributed by atoms with Crippen molar-refractivity contribution in [3.63, 3.8) is 0 Å². The van der Waals surface area contributed by atoms with E-state index in [9.17, 15) is 5.11 Å². The van der Waals surface area contributed by atoms with E-state index in [0.29, 0.717) is 5.82 Å². The van der Waals surface area contributed by atoms with E-state index < -0.39 is 6.10 Å². The maximum absolute atomic E-state index is 9.51. The topological polar surface area (TPSA) is 85.2 Å². The van der Waals surface area contributed by atoms with Gasteiger partial charge in [-0.15, -0.1) is 0 Å². The van der Waals surface area contributed by atoms with Crippen LogP contribution < -0.4 is 5.73 Å². The minimum absolute atomic E-state index is 0.0556. The fourth-order valence-electron chi connectivity index (χ4n) is 1.66. The minimum Gasteiger partial charge on any atom is -0.382 e. The van der Waals surface area contributed by atoms with Crippen LogP contribution in [0.15, 0.2) is 21.1 Å². The van der Waals surface area contributed by atoms with Gasteiger partial charge in [-0.1, -0.05) is 21.1 Å². The summed E-state index contributed by atoms with van der Waals surface area (Å²) in [6.45, 7) is 4.05. The zero-order valence-corrected chi connectivity index (χ0v) is 11.7. The van der Waals surface area contributed by atoms with Crippen molar-refractivity contribution >= 4 is 15.9 Å². The molecule has 96 valence electrons. The summed E-state index contributed by atoms with van der Waals surface area (Å²) in [5, 5.41) is 13.4. The predicted molar refractivity (Wildman–Crippen MR) is 70.9 cm³/mol. The second-order valence-electron chi connectivity index (χ2n) is 4.13. The molecule has 0 spiro atoms. The molecule has 0 fully saturated rings. The number of hydrogen-bond acceptors (Lipinski definition) is 5. The quantitative estimate of drug-likeness (QED) is 0.906. The summed E-state index contributed by atoms with van der Waals surface area (Å²) in [6, 6.07) is 3.92. The van der Waals surface area contributed by atoms with Crippen molar-refractivity contribution in [3.05, 3.63) is 33.6 Å². The third kappa shape index (κ3) is 2.45. The molecule has 2 aromatic rings. The molecule has 0 aliphatic heterocycles. The van der Waals surface area contributed by atoms with Gasteiger partial charge in [0.05, 0.1) is 0 Å². The van der Waals surface area contributed by atoms with Gasteiger partial charge >= 0.3 is 0 Å². The van der Waals surface area contributed by atoms with Crippen LogP contribution in [0.2, 0.25) is 0 Å². The summed E-state index contributed by atoms with van der Waals surface area (Å²) < 4.78 is 6.05. The molecule has 0 aliphatic carbocycles. The van der Waals surface area contributed by atoms with Gasteiger partial charge in [0.15, 0.2) is 0 Å². The van der Waals surface area contributed by atoms with Crippen LogP contribution in [0, 0.1) is 13.8 Å². The smallest absolute Gasteiger partial charge is 0.257 e. The second-order valence-corrected chi connectivity index (χ2v) is 4.92. The number of aliphatic hydroxyl groups is 1. The number of benzene rings is 1. The molecule has 0 amide bonds. The Balaban J connectivity index is 2.40. The van der Waals surface area contributed by atoms with Gasteiger partial charge < -0.3 is 15.4 Å². The van der Waals surface area contributed by atoms with E-state index in [4.69, 9.17) is 10.3 Å². The van der Waals surface area contributed by atoms with Gasteiger partial charge in [-0.2, -0.15) is 4.98 Å². The standard InChI is InChI=1S/C12H14BrN3O2/c1-6-3-8(4-7(2)10(6)13)11-15-12(18-16-11)9(17)5-14/h3-4,9,17H,5,14H2,1-2H3/t9-/m0/s1. The van der Waals surface area contributed by atoms with E-state index in [1.165, 1.54) is 0 Å². The molecule has 1 heterocycles. The van der Waals surface area contributed by atoms with Crippen LogP contribution in [0.5, 0.6) is 0 Å². The van der Waals surface area contributed by atoms with Crippen LogP contribution in [-0.4, -0.2) is 21.8 Å². The SMILES string of the molecule is Cc1cc(-c2noc([C@@H](O)CN)n2)cc(C)c1Br. The Morgan fingerprint density at radius 1 is 1.39 bits per heavy atom. The molecule has 0 saturated carbocycles. The lowest BCUT2D eigenvalue weighted by atomic mass is 10.1. The number of nitrogens with two attached hydrogens (primary N) is 1. The van der Waals surface area contributed by atoms with Crippen molar-refractivity contribution < 1.29 is 9.63 Å². The number of aliphatic hydroxyl groups excluding tert-OH is 1. The van der Waals surface area contributed by atoms with Gasteiger partial charge in [0.2, 0.25) is 5.82 Å². The van der Waals surface area contributed by atoms with E-state index >= 15 is 0 Å². The fourth-order valence-corrected chi connectivity index (χ4v) is 1.89. The maximum Gasteiger partial charge on any atom is 0.257 e. The van der Waals surface area contributed by atoms with Crippen LogP contribution in [-0.2, 0) is 0 Å². The molecule has 0 radical (unpaired) electrons. The Hall–Kier alpha value is -1.24. The van der Waals surface area contributed by atoms with Crippen molar-refractivity contribution in [2.45, 2.75) is 20.0 Å². The van der Waals surface area contributed by atoms with E-state index in [-0.39, 0.29) is 12.4 Å². The van der Waals surface area contributed by atoms with Crippen LogP contribution in [0.1, 0.15) is 23.1 Å². The number of nitrogens with zero attached hydrogens (tertiary/aromatic N) is 2. The molecule has 0 saturated heterocycles. The Morgan fingerprint density at radius 3 is 2.56 bits per heavy atom. The third-order valence-electron chi connectivity index (χ3n) is 2.64. The average Bonchev–Trinajstić information content (AvgIpc) is 2.84. The molecule has 5 nitrogen and oxygen atoms in total. The first-order chi connectivity index (χ1) is 8.52. The van der Waals surface area contributed by atoms with Gasteiger partial charge in [-0.25, -0.2) is 0 Å². The van der Waals surface area contributed by atoms with Crippen molar-refractivity contribution in [3.8, 4) is 11.4 Å². The highest BCUT2D eigenvalue weighted by atomic mass is 79.9. The molecule has 18 heavy (non-hydrogen) atoms. The Kier molecular flexibility index (Phi) is 3.79. The molecule has 1 atom stereocenters. The summed E-state index contributed by atoms with van der Waals surface area (Å²) in [6.07, 6.45) is -0.913. The van der Waals surface area contributed by atoms with E-state index in [0.717, 1.165) is 21.2 Å². The molecule has 0 unspecified atom stereocenters. The number of aryl methyl sites for hydroxylation is 2. The second kappa shape index (κ2) is 5.17. The van der Waals surface area contributed by atoms with Crippen molar-refractivity contribution in [2.24, 2.45) is 5.73 Å². The molecule has 2 rings (SSSR count). The predicted octanol–water partition coefficient (Wildman–Crippen LogP) is 2.11. The molecular formula is C12H14BrN3O2. The van der Waals surface area contributed by atoms with Gasteiger partial charge in [0, 0.05) is 16.6 Å². The molecule has 1 aromatic carbocycles. The van der Waals surface area contributed by atoms with Crippen molar-refractivity contribution in [1.29, 1.82) is 0 Å². The largest absolute Gasteiger partial charge is 0.382 e. The van der Waals surface area contributed by atoms with E-state index in [1.54, 1.807) is 0 Å². The Labute approximate surface area is 113 Å². The zero-order chi connectivity index (χ0) is 13.3. The molecule has 6 heteroatoms.